The molecule has 2 aliphatic rings. The van der Waals surface area contributed by atoms with E-state index in [9.17, 15) is 5.11 Å². The number of benzene rings is 2. The maximum Gasteiger partial charge on any atom is 0.358 e. The van der Waals surface area contributed by atoms with Crippen LogP contribution in [-0.2, 0) is 23.7 Å². The maximum absolute atomic E-state index is 10.7. The first-order valence-corrected chi connectivity index (χ1v) is 9.68. The lowest BCUT2D eigenvalue weighted by Crippen LogP contribution is -2.63. The van der Waals surface area contributed by atoms with Gasteiger partial charge < -0.3 is 33.5 Å². The predicted octanol–water partition coefficient (Wildman–Crippen LogP) is 2.58. The highest BCUT2D eigenvalue weighted by molar-refractivity contribution is 7.79. The van der Waals surface area contributed by atoms with E-state index in [2.05, 4.69) is 0 Å². The first kappa shape index (κ1) is 20.2. The molecule has 0 radical (unpaired) electrons. The van der Waals surface area contributed by atoms with Crippen molar-refractivity contribution in [1.29, 1.82) is 0 Å². The minimum Gasteiger partial charge on any atom is -0.447 e. The van der Waals surface area contributed by atoms with Crippen molar-refractivity contribution >= 4 is 17.5 Å². The summed E-state index contributed by atoms with van der Waals surface area (Å²) in [5.41, 5.74) is 0.858. The zero-order chi connectivity index (χ0) is 20.2. The van der Waals surface area contributed by atoms with Gasteiger partial charge in [-0.05, 0) is 12.1 Å². The highest BCUT2D eigenvalue weighted by Crippen LogP contribution is 2.35. The van der Waals surface area contributed by atoms with E-state index in [0.717, 1.165) is 5.56 Å². The van der Waals surface area contributed by atoms with E-state index < -0.39 is 37.0 Å². The van der Waals surface area contributed by atoms with Crippen molar-refractivity contribution in [2.75, 3.05) is 13.7 Å². The topological polar surface area (TPSA) is 75.6 Å². The van der Waals surface area contributed by atoms with Gasteiger partial charge in [-0.15, -0.1) is 0 Å². The largest absolute Gasteiger partial charge is 0.447 e. The highest BCUT2D eigenvalue weighted by atomic mass is 32.1. The second kappa shape index (κ2) is 9.17. The van der Waals surface area contributed by atoms with E-state index >= 15 is 0 Å². The van der Waals surface area contributed by atoms with Crippen LogP contribution in [0, 0.1) is 0 Å². The summed E-state index contributed by atoms with van der Waals surface area (Å²) in [4.78, 5) is 0. The highest BCUT2D eigenvalue weighted by Gasteiger charge is 2.51. The summed E-state index contributed by atoms with van der Waals surface area (Å²) in [5.74, 6) is 0.536. The van der Waals surface area contributed by atoms with Gasteiger partial charge in [-0.25, -0.2) is 0 Å². The van der Waals surface area contributed by atoms with Crippen LogP contribution in [0.4, 0.5) is 0 Å². The van der Waals surface area contributed by atoms with E-state index in [0.29, 0.717) is 5.75 Å². The summed E-state index contributed by atoms with van der Waals surface area (Å²) < 4.78 is 34.3. The molecule has 8 heteroatoms. The smallest absolute Gasteiger partial charge is 0.358 e. The number of fused-ring (bicyclic) bond motifs is 1. The monoisotopic (exact) mass is 418 g/mol. The van der Waals surface area contributed by atoms with Crippen LogP contribution in [0.3, 0.4) is 0 Å². The Labute approximate surface area is 174 Å². The van der Waals surface area contributed by atoms with Gasteiger partial charge in [0, 0.05) is 24.9 Å². The van der Waals surface area contributed by atoms with Gasteiger partial charge in [-0.2, -0.15) is 0 Å². The summed E-state index contributed by atoms with van der Waals surface area (Å²) in [7, 11) is 1.45. The minimum atomic E-state index is -1.13. The average Bonchev–Trinajstić information content (AvgIpc) is 2.76. The Morgan fingerprint density at radius 3 is 2.41 bits per heavy atom. The van der Waals surface area contributed by atoms with E-state index in [4.69, 9.17) is 40.6 Å². The fourth-order valence-corrected chi connectivity index (χ4v) is 3.60. The molecule has 0 spiro atoms. The quantitative estimate of drug-likeness (QED) is 0.760. The van der Waals surface area contributed by atoms with Crippen LogP contribution in [-0.4, -0.2) is 54.8 Å². The number of methoxy groups -OCH3 is 1. The molecule has 154 valence electrons. The molecule has 29 heavy (non-hydrogen) atoms. The summed E-state index contributed by atoms with van der Waals surface area (Å²) >= 11 is 5.24. The van der Waals surface area contributed by atoms with Crippen LogP contribution in [0.2, 0.25) is 0 Å². The molecular weight excluding hydrogens is 396 g/mol. The number of hydrogen-bond acceptors (Lipinski definition) is 8. The molecule has 0 bridgehead atoms. The molecule has 2 aliphatic heterocycles. The lowest BCUT2D eigenvalue weighted by Gasteiger charge is -2.47. The van der Waals surface area contributed by atoms with E-state index in [1.54, 1.807) is 12.1 Å². The van der Waals surface area contributed by atoms with Gasteiger partial charge in [0.1, 0.15) is 24.1 Å². The Morgan fingerprint density at radius 2 is 1.72 bits per heavy atom. The van der Waals surface area contributed by atoms with Crippen LogP contribution < -0.4 is 4.74 Å². The third kappa shape index (κ3) is 4.58. The molecule has 7 nitrogen and oxygen atoms in total. The minimum absolute atomic E-state index is 0.123. The third-order valence-corrected chi connectivity index (χ3v) is 4.97. The molecular formula is C21H22O7S. The summed E-state index contributed by atoms with van der Waals surface area (Å²) in [6.45, 7) is 0.253. The number of para-hydroxylation sites is 1. The van der Waals surface area contributed by atoms with E-state index in [1.165, 1.54) is 7.11 Å². The molecule has 0 aromatic heterocycles. The zero-order valence-corrected chi connectivity index (χ0v) is 16.6. The Bertz CT molecular complexity index is 803. The van der Waals surface area contributed by atoms with Crippen LogP contribution in [0.15, 0.2) is 60.7 Å². The Morgan fingerprint density at radius 1 is 1.03 bits per heavy atom. The van der Waals surface area contributed by atoms with Crippen LogP contribution in [0.1, 0.15) is 11.9 Å². The van der Waals surface area contributed by atoms with Crippen LogP contribution in [0.5, 0.6) is 5.75 Å². The molecule has 2 fully saturated rings. The fraction of sp³-hybridized carbons (Fsp3) is 0.381. The standard InChI is InChI=1S/C21H22O7S/c1-23-20-16(22)18(28-21(29)25-14-10-6-3-7-11-14)17-15(26-20)12-24-19(27-17)13-8-4-2-5-9-13/h2-11,15-20,22H,12H2,1H3/t15-,16-,17-,18-,19-,20-/m1/s1. The third-order valence-electron chi connectivity index (χ3n) is 4.79. The number of hydrogen-bond donors (Lipinski definition) is 1. The Balaban J connectivity index is 1.51. The zero-order valence-electron chi connectivity index (χ0n) is 15.7. The number of ether oxygens (including phenoxy) is 6. The summed E-state index contributed by atoms with van der Waals surface area (Å²) in [6.07, 6.45) is -4.62. The van der Waals surface area contributed by atoms with Gasteiger partial charge in [0.05, 0.1) is 6.61 Å². The van der Waals surface area contributed by atoms with Gasteiger partial charge >= 0.3 is 5.24 Å². The lowest BCUT2D eigenvalue weighted by atomic mass is 9.97. The Hall–Kier alpha value is -2.07. The molecule has 2 aromatic carbocycles. The summed E-state index contributed by atoms with van der Waals surface area (Å²) in [6, 6.07) is 18.6. The number of aliphatic hydroxyl groups is 1. The van der Waals surface area contributed by atoms with Crippen LogP contribution in [0.25, 0.3) is 0 Å². The molecule has 6 atom stereocenters. The lowest BCUT2D eigenvalue weighted by molar-refractivity contribution is -0.356. The predicted molar refractivity (Wildman–Crippen MR) is 106 cm³/mol. The van der Waals surface area contributed by atoms with Gasteiger partial charge in [0.15, 0.2) is 18.7 Å². The van der Waals surface area contributed by atoms with Crippen molar-refractivity contribution in [1.82, 2.24) is 0 Å². The molecule has 1 N–H and O–H groups in total. The number of aliphatic hydroxyl groups excluding tert-OH is 1. The van der Waals surface area contributed by atoms with Crippen molar-refractivity contribution < 1.29 is 33.5 Å². The summed E-state index contributed by atoms with van der Waals surface area (Å²) in [5, 5.41) is 10.6. The SMILES string of the molecule is CO[C@@H]1O[C@@H]2CO[C@@H](c3ccccc3)O[C@H]2[C@H](OC(=S)Oc2ccccc2)[C@H]1O. The van der Waals surface area contributed by atoms with E-state index in [-0.39, 0.29) is 11.8 Å². The van der Waals surface area contributed by atoms with Crippen molar-refractivity contribution in [3.05, 3.63) is 66.2 Å². The molecule has 2 heterocycles. The van der Waals surface area contributed by atoms with E-state index in [1.807, 2.05) is 48.5 Å². The molecule has 0 amide bonds. The molecule has 0 unspecified atom stereocenters. The second-order valence-corrected chi connectivity index (χ2v) is 7.03. The Kier molecular flexibility index (Phi) is 6.39. The number of rotatable bonds is 4. The van der Waals surface area contributed by atoms with Gasteiger partial charge in [-0.1, -0.05) is 48.5 Å². The van der Waals surface area contributed by atoms with Gasteiger partial charge in [-0.3, -0.25) is 0 Å². The molecule has 0 aliphatic carbocycles. The van der Waals surface area contributed by atoms with Crippen molar-refractivity contribution in [2.24, 2.45) is 0 Å². The molecule has 4 rings (SSSR count). The molecule has 0 saturated carbocycles. The first-order valence-electron chi connectivity index (χ1n) is 9.27. The average molecular weight is 418 g/mol. The van der Waals surface area contributed by atoms with Crippen LogP contribution >= 0.6 is 12.2 Å². The van der Waals surface area contributed by atoms with Gasteiger partial charge in [0.2, 0.25) is 0 Å². The first-order chi connectivity index (χ1) is 14.2. The van der Waals surface area contributed by atoms with Crippen molar-refractivity contribution in [3.8, 4) is 5.75 Å². The second-order valence-electron chi connectivity index (χ2n) is 6.69. The number of thiocarbonyl (C=S) groups is 1. The molecule has 2 aromatic rings. The fourth-order valence-electron chi connectivity index (χ4n) is 3.39. The molecule has 2 saturated heterocycles. The van der Waals surface area contributed by atoms with Crippen molar-refractivity contribution in [3.63, 3.8) is 0 Å². The van der Waals surface area contributed by atoms with Crippen molar-refractivity contribution in [2.45, 2.75) is 37.0 Å². The normalized spacial score (nSPS) is 31.5. The van der Waals surface area contributed by atoms with Gasteiger partial charge in [0.25, 0.3) is 0 Å². The maximum atomic E-state index is 10.7.